The van der Waals surface area contributed by atoms with Gasteiger partial charge in [0.05, 0.1) is 18.2 Å². The highest BCUT2D eigenvalue weighted by atomic mass is 16.6. The largest absolute Gasteiger partial charge is 0.444 e. The number of aliphatic imine (C=N–C) groups is 1. The fourth-order valence-electron chi connectivity index (χ4n) is 2.05. The summed E-state index contributed by atoms with van der Waals surface area (Å²) in [7, 11) is 0. The molecule has 7 nitrogen and oxygen atoms in total. The molecule has 0 atom stereocenters. The number of amides is 1. The summed E-state index contributed by atoms with van der Waals surface area (Å²) in [5.74, 6) is 0.701. The summed E-state index contributed by atoms with van der Waals surface area (Å²) in [4.78, 5) is 16.1. The van der Waals surface area contributed by atoms with E-state index in [0.29, 0.717) is 31.2 Å². The third-order valence-corrected chi connectivity index (χ3v) is 3.13. The number of rotatable bonds is 7. The molecule has 26 heavy (non-hydrogen) atoms. The molecule has 0 saturated heterocycles. The Morgan fingerprint density at radius 2 is 1.96 bits per heavy atom. The van der Waals surface area contributed by atoms with E-state index in [9.17, 15) is 4.79 Å². The summed E-state index contributed by atoms with van der Waals surface area (Å²) in [6.45, 7) is 9.92. The second-order valence-corrected chi connectivity index (χ2v) is 6.72. The molecule has 3 N–H and O–H groups in total. The molecule has 142 valence electrons. The van der Waals surface area contributed by atoms with Crippen molar-refractivity contribution in [3.8, 4) is 6.07 Å². The van der Waals surface area contributed by atoms with E-state index in [1.165, 1.54) is 0 Å². The smallest absolute Gasteiger partial charge is 0.407 e. The number of carbonyl (C=O) groups excluding carboxylic acids is 1. The molecule has 0 aliphatic rings. The number of nitrogens with one attached hydrogen (secondary N) is 3. The van der Waals surface area contributed by atoms with E-state index >= 15 is 0 Å². The van der Waals surface area contributed by atoms with Crippen LogP contribution in [0.4, 0.5) is 4.79 Å². The second kappa shape index (κ2) is 11.0. The number of alkyl carbamates (subject to hydrolysis) is 1. The number of carbonyl (C=O) groups is 1. The van der Waals surface area contributed by atoms with Crippen molar-refractivity contribution in [2.45, 2.75) is 46.3 Å². The van der Waals surface area contributed by atoms with Crippen molar-refractivity contribution in [2.75, 3.05) is 19.6 Å². The van der Waals surface area contributed by atoms with Crippen LogP contribution in [-0.2, 0) is 11.3 Å². The number of benzene rings is 1. The fraction of sp³-hybridized carbons (Fsp3) is 0.526. The maximum absolute atomic E-state index is 11.6. The maximum atomic E-state index is 11.6. The van der Waals surface area contributed by atoms with Crippen LogP contribution in [0.2, 0.25) is 0 Å². The lowest BCUT2D eigenvalue weighted by atomic mass is 10.1. The van der Waals surface area contributed by atoms with Crippen LogP contribution < -0.4 is 16.0 Å². The van der Waals surface area contributed by atoms with Crippen LogP contribution in [0.5, 0.6) is 0 Å². The highest BCUT2D eigenvalue weighted by molar-refractivity contribution is 5.79. The lowest BCUT2D eigenvalue weighted by molar-refractivity contribution is 0.0527. The lowest BCUT2D eigenvalue weighted by Gasteiger charge is -2.19. The molecule has 0 spiro atoms. The van der Waals surface area contributed by atoms with Crippen molar-refractivity contribution in [3.63, 3.8) is 0 Å². The van der Waals surface area contributed by atoms with Crippen molar-refractivity contribution in [1.29, 1.82) is 5.26 Å². The summed E-state index contributed by atoms with van der Waals surface area (Å²) in [6.07, 6.45) is 0.337. The van der Waals surface area contributed by atoms with Gasteiger partial charge >= 0.3 is 6.09 Å². The van der Waals surface area contributed by atoms with Crippen molar-refractivity contribution in [1.82, 2.24) is 16.0 Å². The molecule has 0 aromatic heterocycles. The van der Waals surface area contributed by atoms with Crippen LogP contribution in [0.1, 0.15) is 45.2 Å². The third-order valence-electron chi connectivity index (χ3n) is 3.13. The number of nitriles is 1. The minimum atomic E-state index is -0.490. The van der Waals surface area contributed by atoms with Gasteiger partial charge in [-0.1, -0.05) is 12.1 Å². The second-order valence-electron chi connectivity index (χ2n) is 6.72. The Bertz CT molecular complexity index is 644. The number of hydrogen-bond donors (Lipinski definition) is 3. The summed E-state index contributed by atoms with van der Waals surface area (Å²) in [6, 6.07) is 9.53. The highest BCUT2D eigenvalue weighted by Crippen LogP contribution is 2.06. The molecule has 0 unspecified atom stereocenters. The van der Waals surface area contributed by atoms with E-state index in [1.54, 1.807) is 6.07 Å². The van der Waals surface area contributed by atoms with Crippen LogP contribution in [-0.4, -0.2) is 37.3 Å². The topological polar surface area (TPSA) is 98.5 Å². The van der Waals surface area contributed by atoms with Gasteiger partial charge < -0.3 is 20.7 Å². The highest BCUT2D eigenvalue weighted by Gasteiger charge is 2.15. The molecule has 0 saturated carbocycles. The molecular weight excluding hydrogens is 330 g/mol. The van der Waals surface area contributed by atoms with Crippen molar-refractivity contribution < 1.29 is 9.53 Å². The first-order valence-electron chi connectivity index (χ1n) is 8.82. The van der Waals surface area contributed by atoms with E-state index < -0.39 is 11.7 Å². The standard InChI is InChI=1S/C19H29N5O2/c1-5-21-17(24-14-16-9-6-8-15(12-16)13-20)22-10-7-11-23-18(25)26-19(2,3)4/h6,8-9,12H,5,7,10-11,14H2,1-4H3,(H,23,25)(H2,21,22,24). The fourth-order valence-corrected chi connectivity index (χ4v) is 2.05. The van der Waals surface area contributed by atoms with E-state index in [-0.39, 0.29) is 0 Å². The number of ether oxygens (including phenoxy) is 1. The molecule has 1 aromatic rings. The molecule has 0 aliphatic carbocycles. The van der Waals surface area contributed by atoms with Crippen LogP contribution in [0.25, 0.3) is 0 Å². The van der Waals surface area contributed by atoms with Gasteiger partial charge in [0.25, 0.3) is 0 Å². The van der Waals surface area contributed by atoms with Crippen LogP contribution in [0, 0.1) is 11.3 Å². The Balaban J connectivity index is 2.38. The van der Waals surface area contributed by atoms with Gasteiger partial charge in [-0.15, -0.1) is 0 Å². The van der Waals surface area contributed by atoms with E-state index in [1.807, 2.05) is 45.9 Å². The van der Waals surface area contributed by atoms with E-state index in [4.69, 9.17) is 10.00 Å². The molecular formula is C19H29N5O2. The van der Waals surface area contributed by atoms with Crippen molar-refractivity contribution in [2.24, 2.45) is 4.99 Å². The van der Waals surface area contributed by atoms with Gasteiger partial charge in [0, 0.05) is 19.6 Å². The number of guanidine groups is 1. The van der Waals surface area contributed by atoms with Crippen LogP contribution in [0.15, 0.2) is 29.3 Å². The molecule has 1 amide bonds. The van der Waals surface area contributed by atoms with Crippen molar-refractivity contribution >= 4 is 12.1 Å². The van der Waals surface area contributed by atoms with Gasteiger partial charge in [-0.05, 0) is 51.8 Å². The SMILES string of the molecule is CCNC(=NCc1cccc(C#N)c1)NCCCNC(=O)OC(C)(C)C. The minimum absolute atomic E-state index is 0.407. The average molecular weight is 359 g/mol. The van der Waals surface area contributed by atoms with Gasteiger partial charge in [0.15, 0.2) is 5.96 Å². The van der Waals surface area contributed by atoms with Gasteiger partial charge in [0.1, 0.15) is 5.60 Å². The summed E-state index contributed by atoms with van der Waals surface area (Å²) < 4.78 is 5.18. The zero-order valence-electron chi connectivity index (χ0n) is 16.1. The van der Waals surface area contributed by atoms with Crippen LogP contribution in [0.3, 0.4) is 0 Å². The summed E-state index contributed by atoms with van der Waals surface area (Å²) >= 11 is 0. The summed E-state index contributed by atoms with van der Waals surface area (Å²) in [5.41, 5.74) is 1.12. The molecule has 0 radical (unpaired) electrons. The van der Waals surface area contributed by atoms with Gasteiger partial charge in [-0.3, -0.25) is 0 Å². The zero-order chi connectivity index (χ0) is 19.4. The first-order chi connectivity index (χ1) is 12.3. The first-order valence-corrected chi connectivity index (χ1v) is 8.82. The Labute approximate surface area is 155 Å². The van der Waals surface area contributed by atoms with E-state index in [2.05, 4.69) is 27.0 Å². The molecule has 0 heterocycles. The van der Waals surface area contributed by atoms with Gasteiger partial charge in [0.2, 0.25) is 0 Å². The quantitative estimate of drug-likeness (QED) is 0.395. The van der Waals surface area contributed by atoms with Gasteiger partial charge in [-0.2, -0.15) is 5.26 Å². The molecule has 7 heteroatoms. The normalized spacial score (nSPS) is 11.4. The third kappa shape index (κ3) is 9.52. The molecule has 1 aromatic carbocycles. The maximum Gasteiger partial charge on any atom is 0.407 e. The molecule has 0 aliphatic heterocycles. The van der Waals surface area contributed by atoms with Crippen LogP contribution >= 0.6 is 0 Å². The lowest BCUT2D eigenvalue weighted by Crippen LogP contribution is -2.39. The molecule has 1 rings (SSSR count). The van der Waals surface area contributed by atoms with Gasteiger partial charge in [-0.25, -0.2) is 9.79 Å². The molecule has 0 bridgehead atoms. The Kier molecular flexibility index (Phi) is 8.99. The van der Waals surface area contributed by atoms with Crippen molar-refractivity contribution in [3.05, 3.63) is 35.4 Å². The number of hydrogen-bond acceptors (Lipinski definition) is 4. The number of nitrogens with zero attached hydrogens (tertiary/aromatic N) is 2. The Hall–Kier alpha value is -2.75. The minimum Gasteiger partial charge on any atom is -0.444 e. The summed E-state index contributed by atoms with van der Waals surface area (Å²) in [5, 5.41) is 18.1. The van der Waals surface area contributed by atoms with E-state index in [0.717, 1.165) is 18.5 Å². The monoisotopic (exact) mass is 359 g/mol. The average Bonchev–Trinajstić information content (AvgIpc) is 2.58. The Morgan fingerprint density at radius 1 is 1.23 bits per heavy atom. The predicted octanol–water partition coefficient (Wildman–Crippen LogP) is 2.53. The Morgan fingerprint density at radius 3 is 2.62 bits per heavy atom. The first kappa shape index (κ1) is 21.3. The zero-order valence-corrected chi connectivity index (χ0v) is 16.1. The predicted molar refractivity (Wildman–Crippen MR) is 103 cm³/mol. The molecule has 0 fully saturated rings.